The highest BCUT2D eigenvalue weighted by Crippen LogP contribution is 2.32. The summed E-state index contributed by atoms with van der Waals surface area (Å²) in [5.74, 6) is -0.158. The Bertz CT molecular complexity index is 626. The van der Waals surface area contributed by atoms with Gasteiger partial charge in [0.25, 0.3) is 0 Å². The van der Waals surface area contributed by atoms with E-state index < -0.39 is 5.97 Å². The van der Waals surface area contributed by atoms with Crippen LogP contribution in [0.2, 0.25) is 0 Å². The third kappa shape index (κ3) is 2.93. The van der Waals surface area contributed by atoms with Crippen molar-refractivity contribution in [2.45, 2.75) is 0 Å². The first kappa shape index (κ1) is 14.4. The molecule has 5 heteroatoms. The van der Waals surface area contributed by atoms with E-state index in [1.807, 2.05) is 30.1 Å². The van der Waals surface area contributed by atoms with E-state index in [1.165, 1.54) is 0 Å². The highest BCUT2D eigenvalue weighted by molar-refractivity contribution is 9.10. The van der Waals surface area contributed by atoms with Crippen molar-refractivity contribution < 1.29 is 14.6 Å². The number of aromatic carboxylic acids is 1. The molecule has 4 nitrogen and oxygen atoms in total. The highest BCUT2D eigenvalue weighted by atomic mass is 79.9. The van der Waals surface area contributed by atoms with Crippen molar-refractivity contribution in [3.8, 4) is 5.75 Å². The zero-order chi connectivity index (χ0) is 14.7. The Morgan fingerprint density at radius 1 is 1.15 bits per heavy atom. The van der Waals surface area contributed by atoms with Crippen LogP contribution in [0, 0.1) is 0 Å². The van der Waals surface area contributed by atoms with Gasteiger partial charge in [0.2, 0.25) is 0 Å². The molecule has 0 fully saturated rings. The summed E-state index contributed by atoms with van der Waals surface area (Å²) in [5.41, 5.74) is 2.16. The molecule has 0 atom stereocenters. The smallest absolute Gasteiger partial charge is 0.335 e. The summed E-state index contributed by atoms with van der Waals surface area (Å²) in [6.07, 6.45) is 0. The Labute approximate surface area is 125 Å². The predicted octanol–water partition coefficient (Wildman–Crippen LogP) is 3.92. The Morgan fingerprint density at radius 3 is 2.25 bits per heavy atom. The van der Waals surface area contributed by atoms with E-state index in [9.17, 15) is 4.79 Å². The van der Waals surface area contributed by atoms with Crippen molar-refractivity contribution in [2.75, 3.05) is 19.1 Å². The van der Waals surface area contributed by atoms with Crippen molar-refractivity contribution in [2.24, 2.45) is 0 Å². The van der Waals surface area contributed by atoms with Crippen molar-refractivity contribution in [3.63, 3.8) is 0 Å². The average Bonchev–Trinajstić information content (AvgIpc) is 2.46. The fraction of sp³-hybridized carbons (Fsp3) is 0.133. The molecule has 0 bridgehead atoms. The van der Waals surface area contributed by atoms with Crippen LogP contribution in [0.3, 0.4) is 0 Å². The first-order valence-electron chi connectivity index (χ1n) is 5.93. The molecule has 0 heterocycles. The van der Waals surface area contributed by atoms with Gasteiger partial charge < -0.3 is 14.7 Å². The van der Waals surface area contributed by atoms with Gasteiger partial charge in [-0.25, -0.2) is 4.79 Å². The van der Waals surface area contributed by atoms with Gasteiger partial charge in [-0.05, 0) is 58.4 Å². The van der Waals surface area contributed by atoms with E-state index in [4.69, 9.17) is 9.84 Å². The lowest BCUT2D eigenvalue weighted by Gasteiger charge is -2.20. The van der Waals surface area contributed by atoms with Crippen LogP contribution in [-0.2, 0) is 0 Å². The molecule has 0 aliphatic heterocycles. The van der Waals surface area contributed by atoms with Gasteiger partial charge in [0, 0.05) is 18.4 Å². The van der Waals surface area contributed by atoms with Crippen LogP contribution in [0.5, 0.6) is 5.75 Å². The van der Waals surface area contributed by atoms with Crippen LogP contribution in [0.15, 0.2) is 46.9 Å². The second-order valence-electron chi connectivity index (χ2n) is 4.23. The molecule has 104 valence electrons. The average molecular weight is 336 g/mol. The summed E-state index contributed by atoms with van der Waals surface area (Å²) in [6, 6.07) is 12.5. The van der Waals surface area contributed by atoms with Crippen LogP contribution in [0.4, 0.5) is 11.4 Å². The van der Waals surface area contributed by atoms with E-state index in [2.05, 4.69) is 15.9 Å². The molecule has 0 amide bonds. The van der Waals surface area contributed by atoms with Gasteiger partial charge in [0.05, 0.1) is 17.1 Å². The largest absolute Gasteiger partial charge is 0.496 e. The molecule has 0 radical (unpaired) electrons. The van der Waals surface area contributed by atoms with Crippen LogP contribution in [-0.4, -0.2) is 25.2 Å². The number of carbonyl (C=O) groups is 1. The van der Waals surface area contributed by atoms with Gasteiger partial charge in [-0.2, -0.15) is 0 Å². The third-order valence-electron chi connectivity index (χ3n) is 3.02. The quantitative estimate of drug-likeness (QED) is 0.919. The number of halogens is 1. The monoisotopic (exact) mass is 335 g/mol. The van der Waals surface area contributed by atoms with Gasteiger partial charge >= 0.3 is 5.97 Å². The number of rotatable bonds is 4. The Balaban J connectivity index is 2.28. The normalized spacial score (nSPS) is 10.2. The molecule has 20 heavy (non-hydrogen) atoms. The van der Waals surface area contributed by atoms with Gasteiger partial charge in [0.15, 0.2) is 0 Å². The second-order valence-corrected chi connectivity index (χ2v) is 5.08. The number of carboxylic acids is 1. The number of anilines is 2. The second kappa shape index (κ2) is 5.96. The Hall–Kier alpha value is -2.01. The zero-order valence-corrected chi connectivity index (χ0v) is 12.7. The summed E-state index contributed by atoms with van der Waals surface area (Å²) < 4.78 is 6.06. The maximum absolute atomic E-state index is 10.8. The SMILES string of the molecule is COc1ccc(N(C)c2ccc(C(=O)O)cc2)cc1Br. The minimum Gasteiger partial charge on any atom is -0.496 e. The number of methoxy groups -OCH3 is 1. The van der Waals surface area contributed by atoms with E-state index in [0.717, 1.165) is 21.6 Å². The number of nitrogens with zero attached hydrogens (tertiary/aromatic N) is 1. The van der Waals surface area contributed by atoms with E-state index in [-0.39, 0.29) is 5.56 Å². The van der Waals surface area contributed by atoms with Crippen molar-refractivity contribution in [3.05, 3.63) is 52.5 Å². The number of ether oxygens (including phenoxy) is 1. The van der Waals surface area contributed by atoms with Crippen LogP contribution < -0.4 is 9.64 Å². The van der Waals surface area contributed by atoms with Crippen molar-refractivity contribution >= 4 is 33.3 Å². The predicted molar refractivity (Wildman–Crippen MR) is 82.2 cm³/mol. The molecule has 0 saturated heterocycles. The van der Waals surface area contributed by atoms with Gasteiger partial charge in [-0.15, -0.1) is 0 Å². The maximum atomic E-state index is 10.8. The molecule has 0 aliphatic carbocycles. The summed E-state index contributed by atoms with van der Waals surface area (Å²) in [7, 11) is 3.54. The zero-order valence-electron chi connectivity index (χ0n) is 11.1. The third-order valence-corrected chi connectivity index (χ3v) is 3.64. The topological polar surface area (TPSA) is 49.8 Å². The molecule has 2 aromatic carbocycles. The van der Waals surface area contributed by atoms with Crippen LogP contribution in [0.25, 0.3) is 0 Å². The Morgan fingerprint density at radius 2 is 1.75 bits per heavy atom. The lowest BCUT2D eigenvalue weighted by molar-refractivity contribution is 0.0697. The number of hydrogen-bond donors (Lipinski definition) is 1. The standard InChI is InChI=1S/C15H14BrNO3/c1-17(11-5-3-10(4-6-11)15(18)19)12-7-8-14(20-2)13(16)9-12/h3-9H,1-2H3,(H,18,19). The molecule has 2 rings (SSSR count). The summed E-state index contributed by atoms with van der Waals surface area (Å²) in [5, 5.41) is 8.89. The van der Waals surface area contributed by atoms with Gasteiger partial charge in [-0.1, -0.05) is 0 Å². The van der Waals surface area contributed by atoms with Crippen LogP contribution in [0.1, 0.15) is 10.4 Å². The molecule has 0 spiro atoms. The summed E-state index contributed by atoms with van der Waals surface area (Å²) in [4.78, 5) is 12.8. The lowest BCUT2D eigenvalue weighted by Crippen LogP contribution is -2.09. The highest BCUT2D eigenvalue weighted by Gasteiger charge is 2.08. The van der Waals surface area contributed by atoms with Gasteiger partial charge in [-0.3, -0.25) is 0 Å². The van der Waals surface area contributed by atoms with Crippen LogP contribution >= 0.6 is 15.9 Å². The Kier molecular flexibility index (Phi) is 4.29. The first-order chi connectivity index (χ1) is 9.52. The summed E-state index contributed by atoms with van der Waals surface area (Å²) >= 11 is 3.45. The minimum atomic E-state index is -0.925. The molecule has 1 N–H and O–H groups in total. The minimum absolute atomic E-state index is 0.276. The molecule has 2 aromatic rings. The van der Waals surface area contributed by atoms with E-state index in [1.54, 1.807) is 31.4 Å². The molecule has 0 saturated carbocycles. The summed E-state index contributed by atoms with van der Waals surface area (Å²) in [6.45, 7) is 0. The number of carboxylic acid groups (broad SMARTS) is 1. The van der Waals surface area contributed by atoms with E-state index >= 15 is 0 Å². The lowest BCUT2D eigenvalue weighted by atomic mass is 10.2. The molecular weight excluding hydrogens is 322 g/mol. The number of hydrogen-bond acceptors (Lipinski definition) is 3. The molecule has 0 unspecified atom stereocenters. The molecular formula is C15H14BrNO3. The molecule has 0 aliphatic rings. The maximum Gasteiger partial charge on any atom is 0.335 e. The van der Waals surface area contributed by atoms with Gasteiger partial charge in [0.1, 0.15) is 5.75 Å². The fourth-order valence-corrected chi connectivity index (χ4v) is 2.37. The molecule has 0 aromatic heterocycles. The van der Waals surface area contributed by atoms with Crippen molar-refractivity contribution in [1.29, 1.82) is 0 Å². The van der Waals surface area contributed by atoms with E-state index in [0.29, 0.717) is 0 Å². The van der Waals surface area contributed by atoms with Crippen molar-refractivity contribution in [1.82, 2.24) is 0 Å². The fourth-order valence-electron chi connectivity index (χ4n) is 1.84. The first-order valence-corrected chi connectivity index (χ1v) is 6.73. The number of benzene rings is 2.